The average Bonchev–Trinajstić information content (AvgIpc) is 3.33. The van der Waals surface area contributed by atoms with Crippen molar-refractivity contribution in [2.75, 3.05) is 52.0 Å². The van der Waals surface area contributed by atoms with E-state index in [0.717, 1.165) is 43.3 Å². The van der Waals surface area contributed by atoms with E-state index in [-0.39, 0.29) is 0 Å². The maximum atomic E-state index is 6.02. The summed E-state index contributed by atoms with van der Waals surface area (Å²) < 4.78 is 16.7. The molecule has 0 saturated carbocycles. The van der Waals surface area contributed by atoms with Gasteiger partial charge in [-0.2, -0.15) is 0 Å². The van der Waals surface area contributed by atoms with Gasteiger partial charge in [-0.15, -0.1) is 0 Å². The number of hydrogen-bond donors (Lipinski definition) is 0. The van der Waals surface area contributed by atoms with Crippen LogP contribution in [0.1, 0.15) is 25.3 Å². The number of nitrogens with zero attached hydrogens (tertiary/aromatic N) is 2. The second kappa shape index (κ2) is 11.8. The maximum Gasteiger partial charge on any atom is 0.119 e. The van der Waals surface area contributed by atoms with E-state index in [1.165, 1.54) is 24.1 Å². The fraction of sp³-hybridized carbons (Fsp3) is 0.462. The van der Waals surface area contributed by atoms with Gasteiger partial charge < -0.3 is 19.1 Å². The van der Waals surface area contributed by atoms with Gasteiger partial charge in [0.25, 0.3) is 0 Å². The molecule has 2 aromatic carbocycles. The van der Waals surface area contributed by atoms with Gasteiger partial charge in [0.2, 0.25) is 0 Å². The lowest BCUT2D eigenvalue weighted by molar-refractivity contribution is 0.0844. The largest absolute Gasteiger partial charge is 0.497 e. The summed E-state index contributed by atoms with van der Waals surface area (Å²) in [4.78, 5) is 5.01. The van der Waals surface area contributed by atoms with Crippen molar-refractivity contribution in [3.8, 4) is 11.5 Å². The minimum Gasteiger partial charge on any atom is -0.497 e. The SMILES string of the molecule is C=C(C)COCC(CN(Cc1ccc(OC)cc1)c1ccc(OC)cc1)N1CCCC1. The van der Waals surface area contributed by atoms with Crippen LogP contribution in [0.25, 0.3) is 0 Å². The third-order valence-corrected chi connectivity index (χ3v) is 5.72. The monoisotopic (exact) mass is 424 g/mol. The van der Waals surface area contributed by atoms with Gasteiger partial charge in [0.05, 0.1) is 33.5 Å². The van der Waals surface area contributed by atoms with Crippen molar-refractivity contribution in [3.63, 3.8) is 0 Å². The first kappa shape index (κ1) is 23.2. The second-order valence-corrected chi connectivity index (χ2v) is 8.30. The molecule has 1 atom stereocenters. The van der Waals surface area contributed by atoms with Crippen molar-refractivity contribution in [1.29, 1.82) is 0 Å². The Morgan fingerprint density at radius 2 is 1.55 bits per heavy atom. The van der Waals surface area contributed by atoms with Crippen molar-refractivity contribution in [1.82, 2.24) is 4.90 Å². The van der Waals surface area contributed by atoms with Crippen molar-refractivity contribution in [2.45, 2.75) is 32.4 Å². The molecule has 3 rings (SSSR count). The number of rotatable bonds is 12. The summed E-state index contributed by atoms with van der Waals surface area (Å²) in [6.45, 7) is 11.3. The number of hydrogen-bond acceptors (Lipinski definition) is 5. The van der Waals surface area contributed by atoms with E-state index in [4.69, 9.17) is 14.2 Å². The molecule has 0 aromatic heterocycles. The zero-order chi connectivity index (χ0) is 22.1. The topological polar surface area (TPSA) is 34.2 Å². The van der Waals surface area contributed by atoms with Crippen LogP contribution >= 0.6 is 0 Å². The smallest absolute Gasteiger partial charge is 0.119 e. The van der Waals surface area contributed by atoms with Crippen molar-refractivity contribution < 1.29 is 14.2 Å². The van der Waals surface area contributed by atoms with Gasteiger partial charge in [0.1, 0.15) is 11.5 Å². The van der Waals surface area contributed by atoms with Crippen LogP contribution in [0.4, 0.5) is 5.69 Å². The molecule has 1 unspecified atom stereocenters. The summed E-state index contributed by atoms with van der Waals surface area (Å²) in [5.74, 6) is 1.75. The molecule has 0 amide bonds. The summed E-state index contributed by atoms with van der Waals surface area (Å²) >= 11 is 0. The summed E-state index contributed by atoms with van der Waals surface area (Å²) in [5, 5.41) is 0. The molecule has 31 heavy (non-hydrogen) atoms. The quantitative estimate of drug-likeness (QED) is 0.459. The zero-order valence-corrected chi connectivity index (χ0v) is 19.2. The van der Waals surface area contributed by atoms with Gasteiger partial charge in [-0.3, -0.25) is 4.90 Å². The van der Waals surface area contributed by atoms with Gasteiger partial charge in [0.15, 0.2) is 0 Å². The molecular weight excluding hydrogens is 388 g/mol. The number of ether oxygens (including phenoxy) is 3. The highest BCUT2D eigenvalue weighted by molar-refractivity contribution is 5.50. The Hall–Kier alpha value is -2.50. The first-order valence-electron chi connectivity index (χ1n) is 11.1. The molecular formula is C26H36N2O3. The number of anilines is 1. The Labute approximate surface area is 187 Å². The lowest BCUT2D eigenvalue weighted by atomic mass is 10.1. The van der Waals surface area contributed by atoms with Gasteiger partial charge in [0, 0.05) is 18.8 Å². The molecule has 0 spiro atoms. The molecule has 1 aliphatic rings. The molecule has 5 nitrogen and oxygen atoms in total. The average molecular weight is 425 g/mol. The first-order chi connectivity index (χ1) is 15.1. The number of likely N-dealkylation sites (tertiary alicyclic amines) is 1. The standard InChI is InChI=1S/C26H36N2O3/c1-21(2)19-31-20-24(27-15-5-6-16-27)18-28(23-9-13-26(30-4)14-10-23)17-22-7-11-25(29-3)12-8-22/h7-14,24H,1,5-6,15-20H2,2-4H3. The molecule has 168 valence electrons. The molecule has 2 aromatic rings. The molecule has 0 bridgehead atoms. The first-order valence-corrected chi connectivity index (χ1v) is 11.1. The summed E-state index contributed by atoms with van der Waals surface area (Å²) in [5.41, 5.74) is 3.49. The van der Waals surface area contributed by atoms with E-state index in [0.29, 0.717) is 19.3 Å². The van der Waals surface area contributed by atoms with E-state index < -0.39 is 0 Å². The third kappa shape index (κ3) is 7.01. The second-order valence-electron chi connectivity index (χ2n) is 8.30. The van der Waals surface area contributed by atoms with Crippen LogP contribution in [-0.4, -0.2) is 58.0 Å². The minimum atomic E-state index is 0.335. The highest BCUT2D eigenvalue weighted by Crippen LogP contribution is 2.24. The summed E-state index contributed by atoms with van der Waals surface area (Å²) in [6.07, 6.45) is 2.52. The minimum absolute atomic E-state index is 0.335. The lowest BCUT2D eigenvalue weighted by Gasteiger charge is -2.34. The van der Waals surface area contributed by atoms with E-state index in [2.05, 4.69) is 40.6 Å². The fourth-order valence-electron chi connectivity index (χ4n) is 4.01. The predicted octanol–water partition coefficient (Wildman–Crippen LogP) is 4.77. The van der Waals surface area contributed by atoms with Gasteiger partial charge in [-0.25, -0.2) is 0 Å². The van der Waals surface area contributed by atoms with Crippen LogP contribution in [0.2, 0.25) is 0 Å². The Morgan fingerprint density at radius 1 is 0.968 bits per heavy atom. The Bertz CT molecular complexity index is 798. The van der Waals surface area contributed by atoms with E-state index in [9.17, 15) is 0 Å². The maximum absolute atomic E-state index is 6.02. The highest BCUT2D eigenvalue weighted by Gasteiger charge is 2.25. The van der Waals surface area contributed by atoms with Crippen molar-refractivity contribution in [2.24, 2.45) is 0 Å². The molecule has 0 radical (unpaired) electrons. The van der Waals surface area contributed by atoms with Gasteiger partial charge in [-0.05, 0) is 74.8 Å². The van der Waals surface area contributed by atoms with E-state index >= 15 is 0 Å². The van der Waals surface area contributed by atoms with Crippen LogP contribution < -0.4 is 14.4 Å². The summed E-state index contributed by atoms with van der Waals surface area (Å²) in [7, 11) is 3.40. The van der Waals surface area contributed by atoms with Gasteiger partial charge >= 0.3 is 0 Å². The van der Waals surface area contributed by atoms with Crippen molar-refractivity contribution in [3.05, 3.63) is 66.2 Å². The number of benzene rings is 2. The normalized spacial score (nSPS) is 14.9. The summed E-state index contributed by atoms with van der Waals surface area (Å²) in [6, 6.07) is 17.0. The zero-order valence-electron chi connectivity index (χ0n) is 19.2. The van der Waals surface area contributed by atoms with Gasteiger partial charge in [-0.1, -0.05) is 24.3 Å². The molecule has 1 aliphatic heterocycles. The van der Waals surface area contributed by atoms with Crippen LogP contribution in [0.3, 0.4) is 0 Å². The van der Waals surface area contributed by atoms with Crippen molar-refractivity contribution >= 4 is 5.69 Å². The molecule has 0 aliphatic carbocycles. The predicted molar refractivity (Wildman–Crippen MR) is 127 cm³/mol. The van der Waals surface area contributed by atoms with Crippen LogP contribution in [0, 0.1) is 0 Å². The Balaban J connectivity index is 1.79. The fourth-order valence-corrected chi connectivity index (χ4v) is 4.01. The van der Waals surface area contributed by atoms with Crippen LogP contribution in [0.5, 0.6) is 11.5 Å². The molecule has 1 heterocycles. The molecule has 0 N–H and O–H groups in total. The molecule has 1 fully saturated rings. The molecule has 1 saturated heterocycles. The molecule has 5 heteroatoms. The highest BCUT2D eigenvalue weighted by atomic mass is 16.5. The Kier molecular flexibility index (Phi) is 8.80. The van der Waals surface area contributed by atoms with E-state index in [1.54, 1.807) is 14.2 Å². The Morgan fingerprint density at radius 3 is 2.10 bits per heavy atom. The third-order valence-electron chi connectivity index (χ3n) is 5.72. The number of methoxy groups -OCH3 is 2. The van der Waals surface area contributed by atoms with E-state index in [1.807, 2.05) is 31.2 Å². The van der Waals surface area contributed by atoms with Crippen LogP contribution in [0.15, 0.2) is 60.7 Å². The lowest BCUT2D eigenvalue weighted by Crippen LogP contribution is -2.45. The van der Waals surface area contributed by atoms with Crippen LogP contribution in [-0.2, 0) is 11.3 Å².